The van der Waals surface area contributed by atoms with Gasteiger partial charge in [0.2, 0.25) is 0 Å². The van der Waals surface area contributed by atoms with Crippen LogP contribution in [0.2, 0.25) is 0 Å². The van der Waals surface area contributed by atoms with E-state index in [1.807, 2.05) is 59.3 Å². The summed E-state index contributed by atoms with van der Waals surface area (Å²) in [4.78, 5) is 20.9. The van der Waals surface area contributed by atoms with Crippen molar-refractivity contribution in [1.82, 2.24) is 14.5 Å². The Morgan fingerprint density at radius 3 is 2.48 bits per heavy atom. The second-order valence-corrected chi connectivity index (χ2v) is 5.56. The molecular weight excluding hydrogens is 314 g/mol. The second kappa shape index (κ2) is 6.09. The first kappa shape index (κ1) is 14.9. The number of rotatable bonds is 3. The number of nitrogens with zero attached hydrogens (tertiary/aromatic N) is 3. The predicted molar refractivity (Wildman–Crippen MR) is 97.7 cm³/mol. The number of hydrogen-bond donors (Lipinski definition) is 2. The third-order valence-electron chi connectivity index (χ3n) is 3.92. The van der Waals surface area contributed by atoms with Crippen LogP contribution < -0.4 is 11.1 Å². The molecule has 0 saturated carbocycles. The van der Waals surface area contributed by atoms with Gasteiger partial charge < -0.3 is 15.6 Å². The highest BCUT2D eigenvalue weighted by molar-refractivity contribution is 6.07. The lowest BCUT2D eigenvalue weighted by molar-refractivity contribution is 0.102. The monoisotopic (exact) mass is 329 g/mol. The van der Waals surface area contributed by atoms with Crippen LogP contribution in [0.15, 0.2) is 73.2 Å². The van der Waals surface area contributed by atoms with Crippen molar-refractivity contribution < 1.29 is 4.79 Å². The summed E-state index contributed by atoms with van der Waals surface area (Å²) in [6, 6.07) is 18.4. The van der Waals surface area contributed by atoms with Crippen LogP contribution in [0, 0.1) is 0 Å². The van der Waals surface area contributed by atoms with Gasteiger partial charge in [-0.1, -0.05) is 18.2 Å². The highest BCUT2D eigenvalue weighted by Gasteiger charge is 2.12. The molecule has 3 N–H and O–H groups in total. The Morgan fingerprint density at radius 2 is 1.72 bits per heavy atom. The lowest BCUT2D eigenvalue weighted by Gasteiger charge is -2.07. The van der Waals surface area contributed by atoms with Crippen LogP contribution in [-0.2, 0) is 0 Å². The van der Waals surface area contributed by atoms with Gasteiger partial charge in [0.15, 0.2) is 0 Å². The van der Waals surface area contributed by atoms with E-state index in [0.29, 0.717) is 22.7 Å². The largest absolute Gasteiger partial charge is 0.399 e. The SMILES string of the molecule is Nc1ccc(-n2ccc3c(NC(=O)c4ccccc4)ncnc32)cc1. The summed E-state index contributed by atoms with van der Waals surface area (Å²) in [6.07, 6.45) is 3.33. The van der Waals surface area contributed by atoms with Crippen molar-refractivity contribution in [3.05, 3.63) is 78.8 Å². The molecule has 6 heteroatoms. The third kappa shape index (κ3) is 2.81. The van der Waals surface area contributed by atoms with E-state index >= 15 is 0 Å². The number of carbonyl (C=O) groups excluding carboxylic acids is 1. The second-order valence-electron chi connectivity index (χ2n) is 5.56. The van der Waals surface area contributed by atoms with Gasteiger partial charge in [-0.2, -0.15) is 0 Å². The van der Waals surface area contributed by atoms with Crippen LogP contribution >= 0.6 is 0 Å². The number of aromatic nitrogens is 3. The molecule has 122 valence electrons. The molecule has 2 heterocycles. The number of carbonyl (C=O) groups is 1. The van der Waals surface area contributed by atoms with E-state index in [-0.39, 0.29) is 5.91 Å². The van der Waals surface area contributed by atoms with E-state index in [1.165, 1.54) is 6.33 Å². The van der Waals surface area contributed by atoms with Gasteiger partial charge in [-0.25, -0.2) is 9.97 Å². The van der Waals surface area contributed by atoms with E-state index in [9.17, 15) is 4.79 Å². The molecule has 0 bridgehead atoms. The number of nitrogen functional groups attached to an aromatic ring is 1. The molecule has 4 rings (SSSR count). The number of nitrogens with two attached hydrogens (primary N) is 1. The molecular formula is C19H15N5O. The predicted octanol–water partition coefficient (Wildman–Crippen LogP) is 3.26. The van der Waals surface area contributed by atoms with Gasteiger partial charge in [0.1, 0.15) is 17.8 Å². The fraction of sp³-hybridized carbons (Fsp3) is 0. The smallest absolute Gasteiger partial charge is 0.256 e. The summed E-state index contributed by atoms with van der Waals surface area (Å²) in [5.74, 6) is 0.272. The lowest BCUT2D eigenvalue weighted by atomic mass is 10.2. The van der Waals surface area contributed by atoms with Crippen molar-refractivity contribution in [3.8, 4) is 5.69 Å². The van der Waals surface area contributed by atoms with Gasteiger partial charge in [-0.15, -0.1) is 0 Å². The van der Waals surface area contributed by atoms with Crippen molar-refractivity contribution in [1.29, 1.82) is 0 Å². The van der Waals surface area contributed by atoms with Gasteiger partial charge in [0.05, 0.1) is 5.39 Å². The van der Waals surface area contributed by atoms with Gasteiger partial charge in [0, 0.05) is 23.1 Å². The summed E-state index contributed by atoms with van der Waals surface area (Å²) in [6.45, 7) is 0. The van der Waals surface area contributed by atoms with Crippen molar-refractivity contribution >= 4 is 28.4 Å². The fourth-order valence-electron chi connectivity index (χ4n) is 2.66. The normalized spacial score (nSPS) is 10.7. The Hall–Kier alpha value is -3.67. The molecule has 0 radical (unpaired) electrons. The van der Waals surface area contributed by atoms with Crippen LogP contribution in [-0.4, -0.2) is 20.4 Å². The van der Waals surface area contributed by atoms with E-state index < -0.39 is 0 Å². The molecule has 4 aromatic rings. The molecule has 6 nitrogen and oxygen atoms in total. The molecule has 1 amide bonds. The molecule has 25 heavy (non-hydrogen) atoms. The first-order valence-electron chi connectivity index (χ1n) is 7.77. The molecule has 0 spiro atoms. The van der Waals surface area contributed by atoms with Crippen molar-refractivity contribution in [2.24, 2.45) is 0 Å². The maximum atomic E-state index is 12.4. The highest BCUT2D eigenvalue weighted by atomic mass is 16.1. The zero-order chi connectivity index (χ0) is 17.2. The number of amides is 1. The van der Waals surface area contributed by atoms with E-state index in [4.69, 9.17) is 5.73 Å². The van der Waals surface area contributed by atoms with Crippen molar-refractivity contribution in [2.45, 2.75) is 0 Å². The fourth-order valence-corrected chi connectivity index (χ4v) is 2.66. The van der Waals surface area contributed by atoms with Crippen LogP contribution in [0.4, 0.5) is 11.5 Å². The molecule has 0 atom stereocenters. The minimum absolute atomic E-state index is 0.208. The standard InChI is InChI=1S/C19H15N5O/c20-14-6-8-15(9-7-14)24-11-10-16-17(21-12-22-18(16)24)23-19(25)13-4-2-1-3-5-13/h1-12H,20H2,(H,21,22,23,25). The van der Waals surface area contributed by atoms with Crippen LogP contribution in [0.1, 0.15) is 10.4 Å². The summed E-state index contributed by atoms with van der Waals surface area (Å²) in [5.41, 5.74) is 8.67. The first-order valence-corrected chi connectivity index (χ1v) is 7.77. The number of anilines is 2. The van der Waals surface area contributed by atoms with Gasteiger partial charge >= 0.3 is 0 Å². The van der Waals surface area contributed by atoms with Crippen molar-refractivity contribution in [3.63, 3.8) is 0 Å². The Kier molecular flexibility index (Phi) is 3.63. The average Bonchev–Trinajstić information content (AvgIpc) is 3.08. The Balaban J connectivity index is 1.72. The summed E-state index contributed by atoms with van der Waals surface area (Å²) in [5, 5.41) is 3.62. The molecule has 0 aliphatic heterocycles. The van der Waals surface area contributed by atoms with E-state index in [0.717, 1.165) is 11.1 Å². The molecule has 0 aliphatic carbocycles. The molecule has 2 aromatic carbocycles. The quantitative estimate of drug-likeness (QED) is 0.565. The van der Waals surface area contributed by atoms with Crippen LogP contribution in [0.3, 0.4) is 0 Å². The number of benzene rings is 2. The lowest BCUT2D eigenvalue weighted by Crippen LogP contribution is -2.13. The third-order valence-corrected chi connectivity index (χ3v) is 3.92. The number of nitrogens with one attached hydrogen (secondary N) is 1. The molecule has 2 aromatic heterocycles. The zero-order valence-corrected chi connectivity index (χ0v) is 13.3. The van der Waals surface area contributed by atoms with Crippen LogP contribution in [0.5, 0.6) is 0 Å². The van der Waals surface area contributed by atoms with Gasteiger partial charge in [-0.05, 0) is 42.5 Å². The molecule has 0 saturated heterocycles. The number of hydrogen-bond acceptors (Lipinski definition) is 4. The first-order chi connectivity index (χ1) is 12.2. The maximum Gasteiger partial charge on any atom is 0.256 e. The Bertz CT molecular complexity index is 1040. The topological polar surface area (TPSA) is 85.8 Å². The molecule has 0 unspecified atom stereocenters. The summed E-state index contributed by atoms with van der Waals surface area (Å²) >= 11 is 0. The Morgan fingerprint density at radius 1 is 0.960 bits per heavy atom. The van der Waals surface area contributed by atoms with Gasteiger partial charge in [0.25, 0.3) is 5.91 Å². The average molecular weight is 329 g/mol. The highest BCUT2D eigenvalue weighted by Crippen LogP contribution is 2.24. The van der Waals surface area contributed by atoms with Crippen molar-refractivity contribution in [2.75, 3.05) is 11.1 Å². The van der Waals surface area contributed by atoms with E-state index in [2.05, 4.69) is 15.3 Å². The van der Waals surface area contributed by atoms with Gasteiger partial charge in [-0.3, -0.25) is 4.79 Å². The molecule has 0 fully saturated rings. The van der Waals surface area contributed by atoms with Crippen LogP contribution in [0.25, 0.3) is 16.7 Å². The van der Waals surface area contributed by atoms with E-state index in [1.54, 1.807) is 12.1 Å². The molecule has 0 aliphatic rings. The Labute approximate surface area is 144 Å². The summed E-state index contributed by atoms with van der Waals surface area (Å²) < 4.78 is 1.93. The minimum atomic E-state index is -0.208. The zero-order valence-electron chi connectivity index (χ0n) is 13.3. The number of fused-ring (bicyclic) bond motifs is 1. The maximum absolute atomic E-state index is 12.4. The summed E-state index contributed by atoms with van der Waals surface area (Å²) in [7, 11) is 0. The minimum Gasteiger partial charge on any atom is -0.399 e.